The van der Waals surface area contributed by atoms with Gasteiger partial charge in [-0.1, -0.05) is 0 Å². The molecule has 0 spiro atoms. The number of hydrogen-bond donors (Lipinski definition) is 2. The molecule has 1 amide bonds. The fourth-order valence-electron chi connectivity index (χ4n) is 1.55. The third-order valence-electron chi connectivity index (χ3n) is 2.38. The van der Waals surface area contributed by atoms with Gasteiger partial charge in [0, 0.05) is 18.1 Å². The van der Waals surface area contributed by atoms with Crippen LogP contribution in [0.2, 0.25) is 0 Å². The molecule has 2 aromatic rings. The number of rotatable bonds is 6. The fourth-order valence-corrected chi connectivity index (χ4v) is 1.55. The van der Waals surface area contributed by atoms with Gasteiger partial charge in [0.1, 0.15) is 13.2 Å². The van der Waals surface area contributed by atoms with Gasteiger partial charge in [0.05, 0.1) is 5.69 Å². The van der Waals surface area contributed by atoms with E-state index in [0.29, 0.717) is 5.69 Å². The van der Waals surface area contributed by atoms with Crippen molar-refractivity contribution in [1.29, 1.82) is 0 Å². The lowest BCUT2D eigenvalue weighted by Gasteiger charge is -2.06. The predicted octanol–water partition coefficient (Wildman–Crippen LogP) is 0.912. The zero-order chi connectivity index (χ0) is 14.4. The van der Waals surface area contributed by atoms with Gasteiger partial charge in [-0.05, 0) is 30.3 Å². The first-order valence-corrected chi connectivity index (χ1v) is 5.84. The van der Waals surface area contributed by atoms with Gasteiger partial charge in [-0.2, -0.15) is 5.10 Å². The molecule has 0 atom stereocenters. The molecule has 2 rings (SSSR count). The van der Waals surface area contributed by atoms with Gasteiger partial charge in [-0.25, -0.2) is 9.48 Å². The standard InChI is InChI=1S/C13H13N3O4/c17-12(8-20-9-13(18)19)15-10-2-4-11(5-3-10)16-7-1-6-14-16/h1-7H,8-9H2,(H,15,17)(H,18,19). The Morgan fingerprint density at radius 1 is 1.25 bits per heavy atom. The molecule has 0 bridgehead atoms. The predicted molar refractivity (Wildman–Crippen MR) is 70.6 cm³/mol. The molecule has 7 heteroatoms. The third kappa shape index (κ3) is 3.92. The van der Waals surface area contributed by atoms with Crippen LogP contribution in [0, 0.1) is 0 Å². The zero-order valence-electron chi connectivity index (χ0n) is 10.5. The minimum absolute atomic E-state index is 0.298. The summed E-state index contributed by atoms with van der Waals surface area (Å²) in [6.45, 7) is -0.793. The summed E-state index contributed by atoms with van der Waals surface area (Å²) in [5.41, 5.74) is 1.47. The number of benzene rings is 1. The van der Waals surface area contributed by atoms with Crippen LogP contribution in [0.1, 0.15) is 0 Å². The highest BCUT2D eigenvalue weighted by molar-refractivity contribution is 5.91. The Kier molecular flexibility index (Phi) is 4.46. The van der Waals surface area contributed by atoms with Gasteiger partial charge < -0.3 is 15.2 Å². The molecule has 0 unspecified atom stereocenters. The lowest BCUT2D eigenvalue weighted by Crippen LogP contribution is -2.20. The molecule has 7 nitrogen and oxygen atoms in total. The van der Waals surface area contributed by atoms with Crippen molar-refractivity contribution in [1.82, 2.24) is 9.78 Å². The van der Waals surface area contributed by atoms with Gasteiger partial charge in [0.2, 0.25) is 5.91 Å². The summed E-state index contributed by atoms with van der Waals surface area (Å²) in [6.07, 6.45) is 3.49. The molecule has 1 aromatic carbocycles. The van der Waals surface area contributed by atoms with Crippen molar-refractivity contribution in [2.45, 2.75) is 0 Å². The second kappa shape index (κ2) is 6.48. The lowest BCUT2D eigenvalue weighted by atomic mass is 10.3. The monoisotopic (exact) mass is 275 g/mol. The smallest absolute Gasteiger partial charge is 0.329 e. The Morgan fingerprint density at radius 3 is 2.60 bits per heavy atom. The average Bonchev–Trinajstić information content (AvgIpc) is 2.93. The highest BCUT2D eigenvalue weighted by Gasteiger charge is 2.05. The van der Waals surface area contributed by atoms with Crippen molar-refractivity contribution in [3.05, 3.63) is 42.7 Å². The van der Waals surface area contributed by atoms with Crippen LogP contribution >= 0.6 is 0 Å². The topological polar surface area (TPSA) is 93.5 Å². The maximum Gasteiger partial charge on any atom is 0.329 e. The Hall–Kier alpha value is -2.67. The number of anilines is 1. The molecule has 104 valence electrons. The van der Waals surface area contributed by atoms with E-state index in [1.165, 1.54) is 0 Å². The van der Waals surface area contributed by atoms with Gasteiger partial charge in [0.25, 0.3) is 0 Å². The highest BCUT2D eigenvalue weighted by atomic mass is 16.5. The van der Waals surface area contributed by atoms with E-state index < -0.39 is 18.5 Å². The number of carbonyl (C=O) groups excluding carboxylic acids is 1. The summed E-state index contributed by atoms with van der Waals surface area (Å²) in [6, 6.07) is 8.88. The van der Waals surface area contributed by atoms with Crippen LogP contribution in [0.5, 0.6) is 0 Å². The number of aromatic nitrogens is 2. The maximum atomic E-state index is 11.5. The van der Waals surface area contributed by atoms with Gasteiger partial charge in [0.15, 0.2) is 0 Å². The van der Waals surface area contributed by atoms with Crippen molar-refractivity contribution in [3.8, 4) is 5.69 Å². The number of carboxylic acid groups (broad SMARTS) is 1. The number of amides is 1. The number of carbonyl (C=O) groups is 2. The van der Waals surface area contributed by atoms with Crippen molar-refractivity contribution in [2.75, 3.05) is 18.5 Å². The van der Waals surface area contributed by atoms with E-state index >= 15 is 0 Å². The normalized spacial score (nSPS) is 10.2. The molecule has 0 saturated heterocycles. The summed E-state index contributed by atoms with van der Waals surface area (Å²) in [5.74, 6) is -1.51. The largest absolute Gasteiger partial charge is 0.480 e. The molecule has 1 aromatic heterocycles. The van der Waals surface area contributed by atoms with Crippen molar-refractivity contribution < 1.29 is 19.4 Å². The Labute approximate surface area is 114 Å². The number of nitrogens with zero attached hydrogens (tertiary/aromatic N) is 2. The first-order valence-electron chi connectivity index (χ1n) is 5.84. The number of hydrogen-bond acceptors (Lipinski definition) is 4. The molecule has 0 aliphatic rings. The molecule has 0 radical (unpaired) electrons. The van der Waals surface area contributed by atoms with Crippen LogP contribution in [0.3, 0.4) is 0 Å². The summed E-state index contributed by atoms with van der Waals surface area (Å²) in [4.78, 5) is 21.7. The lowest BCUT2D eigenvalue weighted by molar-refractivity contribution is -0.143. The molecule has 0 fully saturated rings. The molecule has 2 N–H and O–H groups in total. The van der Waals surface area contributed by atoms with E-state index in [4.69, 9.17) is 5.11 Å². The van der Waals surface area contributed by atoms with Crippen LogP contribution in [-0.2, 0) is 14.3 Å². The van der Waals surface area contributed by atoms with Crippen molar-refractivity contribution >= 4 is 17.6 Å². The number of carboxylic acids is 1. The van der Waals surface area contributed by atoms with E-state index in [2.05, 4.69) is 15.2 Å². The van der Waals surface area contributed by atoms with Gasteiger partial charge in [-0.3, -0.25) is 4.79 Å². The molecule has 0 saturated carbocycles. The van der Waals surface area contributed by atoms with Gasteiger partial charge in [-0.15, -0.1) is 0 Å². The van der Waals surface area contributed by atoms with Gasteiger partial charge >= 0.3 is 5.97 Å². The van der Waals surface area contributed by atoms with Crippen LogP contribution in [-0.4, -0.2) is 40.0 Å². The fraction of sp³-hybridized carbons (Fsp3) is 0.154. The first-order chi connectivity index (χ1) is 9.65. The van der Waals surface area contributed by atoms with E-state index in [9.17, 15) is 9.59 Å². The molecule has 20 heavy (non-hydrogen) atoms. The van der Waals surface area contributed by atoms with E-state index in [1.807, 2.05) is 12.3 Å². The van der Waals surface area contributed by atoms with Crippen LogP contribution in [0.4, 0.5) is 5.69 Å². The van der Waals surface area contributed by atoms with Crippen LogP contribution in [0.25, 0.3) is 5.69 Å². The Morgan fingerprint density at radius 2 is 2.00 bits per heavy atom. The quantitative estimate of drug-likeness (QED) is 0.817. The second-order valence-electron chi connectivity index (χ2n) is 3.93. The minimum atomic E-state index is -1.11. The molecule has 0 aliphatic heterocycles. The summed E-state index contributed by atoms with van der Waals surface area (Å²) >= 11 is 0. The molecule has 1 heterocycles. The van der Waals surface area contributed by atoms with Crippen molar-refractivity contribution in [2.24, 2.45) is 0 Å². The first kappa shape index (κ1) is 13.8. The Bertz CT molecular complexity index is 578. The van der Waals surface area contributed by atoms with Crippen LogP contribution in [0.15, 0.2) is 42.7 Å². The molecular formula is C13H13N3O4. The SMILES string of the molecule is O=C(O)COCC(=O)Nc1ccc(-n2cccn2)cc1. The zero-order valence-corrected chi connectivity index (χ0v) is 10.5. The molecular weight excluding hydrogens is 262 g/mol. The summed E-state index contributed by atoms with van der Waals surface area (Å²) in [7, 11) is 0. The molecule has 0 aliphatic carbocycles. The maximum absolute atomic E-state index is 11.5. The highest BCUT2D eigenvalue weighted by Crippen LogP contribution is 2.12. The van der Waals surface area contributed by atoms with E-state index in [-0.39, 0.29) is 6.61 Å². The second-order valence-corrected chi connectivity index (χ2v) is 3.93. The van der Waals surface area contributed by atoms with Crippen LogP contribution < -0.4 is 5.32 Å². The average molecular weight is 275 g/mol. The number of nitrogens with one attached hydrogen (secondary N) is 1. The number of ether oxygens (including phenoxy) is 1. The summed E-state index contributed by atoms with van der Waals surface area (Å²) < 4.78 is 6.38. The Balaban J connectivity index is 1.87. The number of aliphatic carboxylic acids is 1. The van der Waals surface area contributed by atoms with E-state index in [0.717, 1.165) is 5.69 Å². The van der Waals surface area contributed by atoms with E-state index in [1.54, 1.807) is 35.1 Å². The minimum Gasteiger partial charge on any atom is -0.480 e. The van der Waals surface area contributed by atoms with Crippen molar-refractivity contribution in [3.63, 3.8) is 0 Å². The summed E-state index contributed by atoms with van der Waals surface area (Å²) in [5, 5.41) is 15.1. The third-order valence-corrected chi connectivity index (χ3v) is 2.38.